The van der Waals surface area contributed by atoms with E-state index in [4.69, 9.17) is 19.6 Å². The molecule has 7 nitrogen and oxygen atoms in total. The molecule has 0 amide bonds. The predicted octanol–water partition coefficient (Wildman–Crippen LogP) is 4.99. The third-order valence-corrected chi connectivity index (χ3v) is 6.60. The molecule has 2 aliphatic rings. The van der Waals surface area contributed by atoms with Gasteiger partial charge < -0.3 is 14.2 Å². The van der Waals surface area contributed by atoms with E-state index in [2.05, 4.69) is 34.1 Å². The van der Waals surface area contributed by atoms with Crippen LogP contribution in [0.2, 0.25) is 0 Å². The predicted molar refractivity (Wildman–Crippen MR) is 111 cm³/mol. The van der Waals surface area contributed by atoms with Crippen LogP contribution in [0.1, 0.15) is 51.7 Å². The second kappa shape index (κ2) is 7.91. The molecule has 156 valence electrons. The fourth-order valence-electron chi connectivity index (χ4n) is 4.96. The Bertz CT molecular complexity index is 978. The molecular weight excluding hydrogens is 448 g/mol. The molecule has 3 rings (SSSR count). The second-order valence-corrected chi connectivity index (χ2v) is 8.43. The van der Waals surface area contributed by atoms with Crippen molar-refractivity contribution in [3.63, 3.8) is 0 Å². The molecule has 1 N–H and O–H groups in total. The number of hydrogen-bond acceptors (Lipinski definition) is 7. The Hall–Kier alpha value is -2.60. The zero-order valence-electron chi connectivity index (χ0n) is 17.2. The third kappa shape index (κ3) is 2.66. The van der Waals surface area contributed by atoms with Gasteiger partial charge in [0.2, 0.25) is 17.1 Å². The average molecular weight is 471 g/mol. The van der Waals surface area contributed by atoms with Gasteiger partial charge in [-0.15, -0.1) is 0 Å². The van der Waals surface area contributed by atoms with Gasteiger partial charge in [-0.05, 0) is 38.0 Å². The van der Waals surface area contributed by atoms with Crippen molar-refractivity contribution in [3.8, 4) is 24.0 Å². The summed E-state index contributed by atoms with van der Waals surface area (Å²) in [5.74, 6) is -1.80. The zero-order valence-corrected chi connectivity index (χ0v) is 18.7. The second-order valence-electron chi connectivity index (χ2n) is 7.52. The van der Waals surface area contributed by atoms with Gasteiger partial charge in [-0.1, -0.05) is 29.8 Å². The van der Waals surface area contributed by atoms with E-state index in [1.165, 1.54) is 0 Å². The van der Waals surface area contributed by atoms with Gasteiger partial charge in [0, 0.05) is 16.5 Å². The first-order valence-electron chi connectivity index (χ1n) is 9.98. The van der Waals surface area contributed by atoms with E-state index in [1.54, 1.807) is 18.2 Å². The Labute approximate surface area is 184 Å². The quantitative estimate of drug-likeness (QED) is 0.623. The van der Waals surface area contributed by atoms with Crippen molar-refractivity contribution < 1.29 is 14.2 Å². The molecule has 0 aromatic heterocycles. The Morgan fingerprint density at radius 2 is 1.87 bits per heavy atom. The molecule has 30 heavy (non-hydrogen) atoms. The van der Waals surface area contributed by atoms with Gasteiger partial charge in [-0.2, -0.15) is 15.8 Å². The van der Waals surface area contributed by atoms with Crippen molar-refractivity contribution in [1.29, 1.82) is 21.2 Å². The maximum absolute atomic E-state index is 10.3. The molecule has 0 radical (unpaired) electrons. The van der Waals surface area contributed by atoms with Crippen LogP contribution in [0, 0.1) is 56.2 Å². The Morgan fingerprint density at radius 1 is 1.17 bits per heavy atom. The SMILES string of the molecule is CCCC12OC(=N)C(C#N)(C1CC)C(C#N)(C#N)C(c1cc(Br)ccc1OCC)O2. The molecule has 2 bridgehead atoms. The minimum atomic E-state index is -1.99. The van der Waals surface area contributed by atoms with E-state index in [-0.39, 0.29) is 5.90 Å². The number of halogens is 1. The average Bonchev–Trinajstić information content (AvgIpc) is 2.93. The summed E-state index contributed by atoms with van der Waals surface area (Å²) in [6, 6.07) is 11.6. The van der Waals surface area contributed by atoms with E-state index in [9.17, 15) is 15.8 Å². The molecule has 0 saturated carbocycles. The van der Waals surface area contributed by atoms with Gasteiger partial charge in [0.1, 0.15) is 11.9 Å². The minimum absolute atomic E-state index is 0.371. The molecule has 2 saturated heterocycles. The molecule has 8 heteroatoms. The summed E-state index contributed by atoms with van der Waals surface area (Å²) < 4.78 is 18.9. The van der Waals surface area contributed by atoms with Gasteiger partial charge in [-0.25, -0.2) is 0 Å². The van der Waals surface area contributed by atoms with Gasteiger partial charge in [0.15, 0.2) is 5.41 Å². The Morgan fingerprint density at radius 3 is 2.40 bits per heavy atom. The molecule has 2 aliphatic heterocycles. The van der Waals surface area contributed by atoms with E-state index < -0.39 is 28.6 Å². The summed E-state index contributed by atoms with van der Waals surface area (Å²) >= 11 is 3.44. The monoisotopic (exact) mass is 470 g/mol. The summed E-state index contributed by atoms with van der Waals surface area (Å²) in [7, 11) is 0. The first kappa shape index (κ1) is 22.1. The highest BCUT2D eigenvalue weighted by Crippen LogP contribution is 2.68. The lowest BCUT2D eigenvalue weighted by Crippen LogP contribution is -2.59. The summed E-state index contributed by atoms with van der Waals surface area (Å²) in [5, 5.41) is 39.6. The maximum Gasteiger partial charge on any atom is 0.217 e. The van der Waals surface area contributed by atoms with Crippen LogP contribution >= 0.6 is 15.9 Å². The van der Waals surface area contributed by atoms with Crippen LogP contribution in [0.4, 0.5) is 0 Å². The number of nitrogens with one attached hydrogen (secondary N) is 1. The minimum Gasteiger partial charge on any atom is -0.493 e. The molecular formula is C22H23BrN4O3. The number of nitrogens with zero attached hydrogens (tertiary/aromatic N) is 3. The summed E-state index contributed by atoms with van der Waals surface area (Å²) in [5.41, 5.74) is -3.27. The molecule has 1 aromatic rings. The van der Waals surface area contributed by atoms with Crippen LogP contribution in [0.15, 0.2) is 22.7 Å². The highest BCUT2D eigenvalue weighted by molar-refractivity contribution is 9.10. The van der Waals surface area contributed by atoms with E-state index in [0.29, 0.717) is 41.7 Å². The fourth-order valence-corrected chi connectivity index (χ4v) is 5.34. The smallest absolute Gasteiger partial charge is 0.217 e. The standard InChI is InChI=1S/C22H23BrN4O3/c1-4-9-22-17(5-2)21(13-26,19(27)30-22)20(11-24,12-25)18(29-22)15-10-14(23)7-8-16(15)28-6-3/h7-8,10,17-18,27H,4-6,9H2,1-3H3. The Kier molecular flexibility index (Phi) is 5.83. The van der Waals surface area contributed by atoms with Gasteiger partial charge in [0.25, 0.3) is 0 Å². The van der Waals surface area contributed by atoms with Gasteiger partial charge in [0.05, 0.1) is 30.7 Å². The fraction of sp³-hybridized carbons (Fsp3) is 0.545. The molecule has 0 spiro atoms. The van der Waals surface area contributed by atoms with Crippen LogP contribution in [-0.2, 0) is 9.47 Å². The van der Waals surface area contributed by atoms with Crippen molar-refractivity contribution in [3.05, 3.63) is 28.2 Å². The number of benzene rings is 1. The topological polar surface area (TPSA) is 123 Å². The number of hydrogen-bond donors (Lipinski definition) is 1. The molecule has 2 heterocycles. The number of ether oxygens (including phenoxy) is 3. The summed E-state index contributed by atoms with van der Waals surface area (Å²) in [6.07, 6.45) is 0.396. The van der Waals surface area contributed by atoms with E-state index >= 15 is 0 Å². The van der Waals surface area contributed by atoms with Crippen LogP contribution in [-0.4, -0.2) is 18.3 Å². The lowest BCUT2D eigenvalue weighted by Gasteiger charge is -2.49. The third-order valence-electron chi connectivity index (χ3n) is 6.11. The van der Waals surface area contributed by atoms with Crippen molar-refractivity contribution in [2.24, 2.45) is 16.7 Å². The Balaban J connectivity index is 2.38. The molecule has 4 unspecified atom stereocenters. The summed E-state index contributed by atoms with van der Waals surface area (Å²) in [4.78, 5) is 0. The van der Waals surface area contributed by atoms with Crippen LogP contribution in [0.25, 0.3) is 0 Å². The number of rotatable bonds is 6. The number of fused-ring (bicyclic) bond motifs is 2. The zero-order chi connectivity index (χ0) is 22.2. The first-order chi connectivity index (χ1) is 14.4. The van der Waals surface area contributed by atoms with Gasteiger partial charge >= 0.3 is 0 Å². The molecule has 0 aliphatic carbocycles. The lowest BCUT2D eigenvalue weighted by molar-refractivity contribution is -0.286. The van der Waals surface area contributed by atoms with E-state index in [0.717, 1.165) is 0 Å². The molecule has 2 fully saturated rings. The van der Waals surface area contributed by atoms with E-state index in [1.807, 2.05) is 20.8 Å². The highest BCUT2D eigenvalue weighted by Gasteiger charge is 2.79. The first-order valence-corrected chi connectivity index (χ1v) is 10.8. The normalized spacial score (nSPS) is 31.2. The number of nitriles is 3. The van der Waals surface area contributed by atoms with Crippen molar-refractivity contribution >= 4 is 21.8 Å². The largest absolute Gasteiger partial charge is 0.493 e. The molecule has 1 aromatic carbocycles. The highest BCUT2D eigenvalue weighted by atomic mass is 79.9. The van der Waals surface area contributed by atoms with Crippen molar-refractivity contribution in [2.45, 2.75) is 51.9 Å². The van der Waals surface area contributed by atoms with Crippen LogP contribution in [0.5, 0.6) is 5.75 Å². The van der Waals surface area contributed by atoms with Crippen LogP contribution in [0.3, 0.4) is 0 Å². The summed E-state index contributed by atoms with van der Waals surface area (Å²) in [6.45, 7) is 6.03. The maximum atomic E-state index is 10.3. The van der Waals surface area contributed by atoms with Crippen LogP contribution < -0.4 is 4.74 Å². The lowest BCUT2D eigenvalue weighted by atomic mass is 9.52. The van der Waals surface area contributed by atoms with Crippen molar-refractivity contribution in [2.75, 3.05) is 6.61 Å². The molecule has 4 atom stereocenters. The van der Waals surface area contributed by atoms with Gasteiger partial charge in [-0.3, -0.25) is 5.41 Å². The van der Waals surface area contributed by atoms with Crippen molar-refractivity contribution in [1.82, 2.24) is 0 Å².